The van der Waals surface area contributed by atoms with Gasteiger partial charge in [-0.2, -0.15) is 0 Å². The lowest BCUT2D eigenvalue weighted by atomic mass is 10.2. The minimum absolute atomic E-state index is 0.116. The van der Waals surface area contributed by atoms with Crippen molar-refractivity contribution in [1.82, 2.24) is 0 Å². The number of anilines is 1. The Morgan fingerprint density at radius 1 is 1.15 bits per heavy atom. The molecular formula is C17H17FN2O6S. The van der Waals surface area contributed by atoms with E-state index in [0.717, 1.165) is 6.07 Å². The van der Waals surface area contributed by atoms with E-state index in [1.54, 1.807) is 0 Å². The molecule has 0 radical (unpaired) electrons. The fourth-order valence-electron chi connectivity index (χ4n) is 2.04. The molecule has 0 aliphatic rings. The zero-order valence-corrected chi connectivity index (χ0v) is 15.2. The fourth-order valence-corrected chi connectivity index (χ4v) is 2.55. The molecule has 27 heavy (non-hydrogen) atoms. The number of halogens is 1. The first kappa shape index (κ1) is 20.3. The zero-order valence-electron chi connectivity index (χ0n) is 14.4. The maximum Gasteiger partial charge on any atom is 0.341 e. The van der Waals surface area contributed by atoms with Crippen molar-refractivity contribution in [2.24, 2.45) is 5.14 Å². The Hall–Kier alpha value is -2.98. The molecule has 10 heteroatoms. The molecular weight excluding hydrogens is 379 g/mol. The van der Waals surface area contributed by atoms with E-state index in [1.807, 2.05) is 0 Å². The van der Waals surface area contributed by atoms with Gasteiger partial charge in [-0.3, -0.25) is 4.79 Å². The quantitative estimate of drug-likeness (QED) is 0.716. The molecule has 0 aliphatic carbocycles. The van der Waals surface area contributed by atoms with Gasteiger partial charge in [0.2, 0.25) is 10.0 Å². The molecule has 2 aromatic carbocycles. The van der Waals surface area contributed by atoms with Crippen LogP contribution in [0, 0.1) is 5.82 Å². The van der Waals surface area contributed by atoms with E-state index in [9.17, 15) is 22.4 Å². The van der Waals surface area contributed by atoms with Crippen molar-refractivity contribution >= 4 is 27.6 Å². The van der Waals surface area contributed by atoms with E-state index in [0.29, 0.717) is 0 Å². The Bertz CT molecular complexity index is 960. The number of benzene rings is 2. The smallest absolute Gasteiger partial charge is 0.341 e. The summed E-state index contributed by atoms with van der Waals surface area (Å²) in [4.78, 5) is 24.0. The normalized spacial score (nSPS) is 12.1. The van der Waals surface area contributed by atoms with Gasteiger partial charge in [-0.1, -0.05) is 0 Å². The Morgan fingerprint density at radius 2 is 1.78 bits per heavy atom. The molecule has 3 N–H and O–H groups in total. The van der Waals surface area contributed by atoms with Gasteiger partial charge in [0.15, 0.2) is 6.10 Å². The number of methoxy groups -OCH3 is 1. The first-order chi connectivity index (χ1) is 12.6. The van der Waals surface area contributed by atoms with Crippen molar-refractivity contribution in [2.45, 2.75) is 17.9 Å². The van der Waals surface area contributed by atoms with Gasteiger partial charge < -0.3 is 14.8 Å². The summed E-state index contributed by atoms with van der Waals surface area (Å²) < 4.78 is 46.1. The molecule has 0 fully saturated rings. The molecule has 0 heterocycles. The molecule has 0 spiro atoms. The van der Waals surface area contributed by atoms with E-state index in [1.165, 1.54) is 50.4 Å². The van der Waals surface area contributed by atoms with Gasteiger partial charge in [0.25, 0.3) is 5.91 Å². The molecule has 2 rings (SSSR count). The topological polar surface area (TPSA) is 125 Å². The van der Waals surface area contributed by atoms with Gasteiger partial charge in [-0.25, -0.2) is 22.7 Å². The molecule has 144 valence electrons. The van der Waals surface area contributed by atoms with E-state index < -0.39 is 33.8 Å². The number of sulfonamides is 1. The maximum atomic E-state index is 13.9. The number of rotatable bonds is 6. The number of carbonyl (C=O) groups is 2. The largest absolute Gasteiger partial charge is 0.497 e. The van der Waals surface area contributed by atoms with Crippen LogP contribution >= 0.6 is 0 Å². The molecule has 0 saturated heterocycles. The SMILES string of the molecule is COc1ccc(C(=O)O[C@@H](C)C(=O)Nc2ccc(S(N)(=O)=O)cc2)c(F)c1. The summed E-state index contributed by atoms with van der Waals surface area (Å²) in [5, 5.41) is 7.43. The zero-order chi connectivity index (χ0) is 20.2. The first-order valence-electron chi connectivity index (χ1n) is 7.60. The van der Waals surface area contributed by atoms with Crippen LogP contribution in [0.2, 0.25) is 0 Å². The van der Waals surface area contributed by atoms with Gasteiger partial charge in [0, 0.05) is 11.8 Å². The summed E-state index contributed by atoms with van der Waals surface area (Å²) in [5.41, 5.74) is -0.0705. The van der Waals surface area contributed by atoms with Crippen molar-refractivity contribution in [1.29, 1.82) is 0 Å². The molecule has 1 amide bonds. The highest BCUT2D eigenvalue weighted by Crippen LogP contribution is 2.18. The highest BCUT2D eigenvalue weighted by Gasteiger charge is 2.21. The number of ether oxygens (including phenoxy) is 2. The van der Waals surface area contributed by atoms with Crippen LogP contribution in [-0.4, -0.2) is 33.5 Å². The number of hydrogen-bond donors (Lipinski definition) is 2. The van der Waals surface area contributed by atoms with Crippen molar-refractivity contribution < 1.29 is 31.9 Å². The highest BCUT2D eigenvalue weighted by atomic mass is 32.2. The van der Waals surface area contributed by atoms with Gasteiger partial charge in [0.05, 0.1) is 17.6 Å². The van der Waals surface area contributed by atoms with Crippen LogP contribution in [0.3, 0.4) is 0 Å². The lowest BCUT2D eigenvalue weighted by Gasteiger charge is -2.14. The van der Waals surface area contributed by atoms with Crippen LogP contribution in [0.25, 0.3) is 0 Å². The standard InChI is InChI=1S/C17H17FN2O6S/c1-10(26-17(22)14-8-5-12(25-2)9-15(14)18)16(21)20-11-3-6-13(7-4-11)27(19,23)24/h3-10H,1-2H3,(H,20,21)(H2,19,23,24)/t10-/m0/s1. The lowest BCUT2D eigenvalue weighted by Crippen LogP contribution is -2.30. The Balaban J connectivity index is 2.02. The van der Waals surface area contributed by atoms with Crippen molar-refractivity contribution in [3.63, 3.8) is 0 Å². The molecule has 8 nitrogen and oxygen atoms in total. The number of nitrogens with two attached hydrogens (primary N) is 1. The van der Waals surface area contributed by atoms with Crippen LogP contribution in [0.1, 0.15) is 17.3 Å². The minimum Gasteiger partial charge on any atom is -0.497 e. The van der Waals surface area contributed by atoms with Gasteiger partial charge in [-0.05, 0) is 43.3 Å². The fraction of sp³-hybridized carbons (Fsp3) is 0.176. The summed E-state index contributed by atoms with van der Waals surface area (Å²) in [6.45, 7) is 1.31. The number of hydrogen-bond acceptors (Lipinski definition) is 6. The van der Waals surface area contributed by atoms with E-state index in [-0.39, 0.29) is 21.9 Å². The highest BCUT2D eigenvalue weighted by molar-refractivity contribution is 7.89. The summed E-state index contributed by atoms with van der Waals surface area (Å²) in [5.74, 6) is -2.30. The van der Waals surface area contributed by atoms with Crippen LogP contribution < -0.4 is 15.2 Å². The van der Waals surface area contributed by atoms with Crippen molar-refractivity contribution in [2.75, 3.05) is 12.4 Å². The molecule has 0 saturated carbocycles. The van der Waals surface area contributed by atoms with Gasteiger partial charge in [-0.15, -0.1) is 0 Å². The van der Waals surface area contributed by atoms with Crippen molar-refractivity contribution in [3.8, 4) is 5.75 Å². The summed E-state index contributed by atoms with van der Waals surface area (Å²) in [6, 6.07) is 8.69. The van der Waals surface area contributed by atoms with Gasteiger partial charge in [0.1, 0.15) is 11.6 Å². The summed E-state index contributed by atoms with van der Waals surface area (Å²) in [6.07, 6.45) is -1.23. The first-order valence-corrected chi connectivity index (χ1v) is 9.14. The molecule has 0 aliphatic heterocycles. The van der Waals surface area contributed by atoms with Crippen LogP contribution in [-0.2, 0) is 19.6 Å². The third kappa shape index (κ3) is 5.25. The molecule has 2 aromatic rings. The third-order valence-electron chi connectivity index (χ3n) is 3.50. The van der Waals surface area contributed by atoms with Crippen LogP contribution in [0.5, 0.6) is 5.75 Å². The summed E-state index contributed by atoms with van der Waals surface area (Å²) in [7, 11) is -2.49. The lowest BCUT2D eigenvalue weighted by molar-refractivity contribution is -0.123. The van der Waals surface area contributed by atoms with Crippen LogP contribution in [0.15, 0.2) is 47.4 Å². The van der Waals surface area contributed by atoms with E-state index in [4.69, 9.17) is 14.6 Å². The Morgan fingerprint density at radius 3 is 2.30 bits per heavy atom. The average molecular weight is 396 g/mol. The molecule has 1 atom stereocenters. The van der Waals surface area contributed by atoms with E-state index >= 15 is 0 Å². The predicted molar refractivity (Wildman–Crippen MR) is 94.3 cm³/mol. The van der Waals surface area contributed by atoms with E-state index in [2.05, 4.69) is 5.32 Å². The monoisotopic (exact) mass is 396 g/mol. The Kier molecular flexibility index (Phi) is 6.13. The molecule has 0 aromatic heterocycles. The number of esters is 1. The number of primary sulfonamides is 1. The average Bonchev–Trinajstić information content (AvgIpc) is 2.60. The molecule has 0 bridgehead atoms. The second-order valence-electron chi connectivity index (χ2n) is 5.45. The van der Waals surface area contributed by atoms with Crippen molar-refractivity contribution in [3.05, 3.63) is 53.8 Å². The summed E-state index contributed by atoms with van der Waals surface area (Å²) >= 11 is 0. The second kappa shape index (κ2) is 8.14. The number of carbonyl (C=O) groups excluding carboxylic acids is 2. The second-order valence-corrected chi connectivity index (χ2v) is 7.01. The molecule has 0 unspecified atom stereocenters. The minimum atomic E-state index is -3.85. The number of nitrogens with one attached hydrogen (secondary N) is 1. The maximum absolute atomic E-state index is 13.9. The predicted octanol–water partition coefficient (Wildman–Crippen LogP) is 1.67. The third-order valence-corrected chi connectivity index (χ3v) is 4.43. The van der Waals surface area contributed by atoms with Gasteiger partial charge >= 0.3 is 5.97 Å². The Labute approximate surface area is 155 Å². The van der Waals surface area contributed by atoms with Crippen LogP contribution in [0.4, 0.5) is 10.1 Å². The number of amides is 1.